The molecule has 17 heteroatoms. The topological polar surface area (TPSA) is 301 Å². The van der Waals surface area contributed by atoms with E-state index in [1.807, 2.05) is 13.8 Å². The summed E-state index contributed by atoms with van der Waals surface area (Å²) >= 11 is 0. The maximum absolute atomic E-state index is 14.8. The summed E-state index contributed by atoms with van der Waals surface area (Å²) in [6.45, 7) is 9.69. The number of hydrogen-bond acceptors (Lipinski definition) is 14. The molecule has 6 aliphatic carbocycles. The van der Waals surface area contributed by atoms with Crippen molar-refractivity contribution in [3.8, 4) is 0 Å². The Morgan fingerprint density at radius 1 is 0.928 bits per heavy atom. The van der Waals surface area contributed by atoms with Crippen molar-refractivity contribution in [2.24, 2.45) is 79.1 Å². The highest BCUT2D eigenvalue weighted by Gasteiger charge is 2.75. The molecule has 69 heavy (non-hydrogen) atoms. The number of nitrogens with two attached hydrogens (primary N) is 1. The Balaban J connectivity index is 1.21. The van der Waals surface area contributed by atoms with Gasteiger partial charge in [0.15, 0.2) is 6.29 Å². The molecular weight excluding hydrogens is 889 g/mol. The average molecular weight is 971 g/mol. The van der Waals surface area contributed by atoms with Gasteiger partial charge in [0.2, 0.25) is 5.91 Å². The van der Waals surface area contributed by atoms with Crippen LogP contribution in [0.1, 0.15) is 136 Å². The number of aliphatic carboxylic acids is 1. The average Bonchev–Trinajstić information content (AvgIpc) is 4.09. The number of H-pyrrole nitrogens is 1. The largest absolute Gasteiger partial charge is 0.481 e. The maximum atomic E-state index is 14.8. The van der Waals surface area contributed by atoms with Gasteiger partial charge in [-0.05, 0) is 134 Å². The van der Waals surface area contributed by atoms with Crippen LogP contribution in [-0.2, 0) is 19.1 Å². The standard InChI is InChI=1S/C52H82N4O13/c1-46(24-58)16-17-52(45(66)67)27(22-57)19-49(4)29(32(52)20-46)9-10-36-48(49,3)15-12-35-47(2,25-59)42(69-43-41(64)40(63)34(60)23-68-43)39(62)31(50(35,36)5)18-30-38(56-44(65)51(30)13-6-7-14-51)28(8-11-37(53)61)33-21-54-26-55-33/h9,21,26-28,30-32,34-43,57-64H,6-8,10-20,22-25,53H2,1-5H3,(H,54,55)(H,56,65)(H,66,67)/t27-,28-,30+,31-,32+,34-,35-,36+,37+,38+,39-,40+,41-,42-,43+,46+,47+,48-,49-,50+,52+/m1/s1. The summed E-state index contributed by atoms with van der Waals surface area (Å²) in [5.74, 6) is -3.65. The van der Waals surface area contributed by atoms with E-state index in [-0.39, 0.29) is 55.8 Å². The molecule has 8 aliphatic rings. The molecule has 5 saturated carbocycles. The first kappa shape index (κ1) is 51.4. The number of carbonyl (C=O) groups is 2. The van der Waals surface area contributed by atoms with Gasteiger partial charge >= 0.3 is 5.97 Å². The zero-order valence-electron chi connectivity index (χ0n) is 41.3. The van der Waals surface area contributed by atoms with Crippen molar-refractivity contribution in [1.29, 1.82) is 0 Å². The molecule has 0 radical (unpaired) electrons. The number of aliphatic hydroxyl groups is 8. The first-order valence-corrected chi connectivity index (χ1v) is 26.1. The number of ether oxygens (including phenoxy) is 2. The van der Waals surface area contributed by atoms with Crippen molar-refractivity contribution in [3.05, 3.63) is 29.9 Å². The maximum Gasteiger partial charge on any atom is 0.310 e. The third-order valence-electron chi connectivity index (χ3n) is 22.0. The predicted molar refractivity (Wildman–Crippen MR) is 250 cm³/mol. The molecule has 1 spiro atoms. The lowest BCUT2D eigenvalue weighted by Gasteiger charge is -2.74. The molecule has 2 aliphatic heterocycles. The van der Waals surface area contributed by atoms with Crippen LogP contribution in [0.25, 0.3) is 0 Å². The smallest absolute Gasteiger partial charge is 0.310 e. The van der Waals surface area contributed by atoms with Gasteiger partial charge in [-0.15, -0.1) is 0 Å². The molecular formula is C52H82N4O13. The molecule has 7 fully saturated rings. The van der Waals surface area contributed by atoms with E-state index in [1.54, 1.807) is 12.5 Å². The molecule has 388 valence electrons. The summed E-state index contributed by atoms with van der Waals surface area (Å²) in [5.41, 5.74) is 2.31. The summed E-state index contributed by atoms with van der Waals surface area (Å²) < 4.78 is 12.6. The molecule has 0 unspecified atom stereocenters. The van der Waals surface area contributed by atoms with E-state index < -0.39 is 117 Å². The molecule has 1 aromatic rings. The quantitative estimate of drug-likeness (QED) is 0.0769. The number of carbonyl (C=O) groups excluding carboxylic acids is 1. The van der Waals surface area contributed by atoms with Gasteiger partial charge in [0, 0.05) is 42.5 Å². The van der Waals surface area contributed by atoms with Gasteiger partial charge < -0.3 is 71.5 Å². The van der Waals surface area contributed by atoms with Gasteiger partial charge in [-0.2, -0.15) is 0 Å². The van der Waals surface area contributed by atoms with Gasteiger partial charge in [0.05, 0.1) is 42.6 Å². The zero-order valence-corrected chi connectivity index (χ0v) is 41.3. The van der Waals surface area contributed by atoms with Crippen LogP contribution in [0, 0.1) is 73.4 Å². The van der Waals surface area contributed by atoms with Crippen LogP contribution in [0.2, 0.25) is 0 Å². The van der Waals surface area contributed by atoms with Crippen LogP contribution in [0.5, 0.6) is 0 Å². The summed E-state index contributed by atoms with van der Waals surface area (Å²) in [5, 5.41) is 105. The predicted octanol–water partition coefficient (Wildman–Crippen LogP) is 2.69. The summed E-state index contributed by atoms with van der Waals surface area (Å²) in [7, 11) is 0. The molecule has 0 bridgehead atoms. The third-order valence-corrected chi connectivity index (χ3v) is 22.0. The van der Waals surface area contributed by atoms with Gasteiger partial charge in [-0.25, -0.2) is 4.98 Å². The lowest BCUT2D eigenvalue weighted by atomic mass is 9.31. The van der Waals surface area contributed by atoms with E-state index in [4.69, 9.17) is 15.2 Å². The monoisotopic (exact) mass is 971 g/mol. The number of allylic oxidation sites excluding steroid dienone is 2. The number of hydrogen-bond donors (Lipinski definition) is 12. The molecule has 1 amide bonds. The van der Waals surface area contributed by atoms with Crippen molar-refractivity contribution < 1.29 is 65.0 Å². The third kappa shape index (κ3) is 7.42. The normalized spacial score (nSPS) is 48.9. The number of rotatable bonds is 13. The Labute approximate surface area is 406 Å². The first-order valence-electron chi connectivity index (χ1n) is 26.1. The fraction of sp³-hybridized carbons (Fsp3) is 0.865. The molecule has 1 aromatic heterocycles. The van der Waals surface area contributed by atoms with Crippen molar-refractivity contribution in [2.45, 2.75) is 180 Å². The fourth-order valence-corrected chi connectivity index (χ4v) is 18.0. The molecule has 0 aromatic carbocycles. The van der Waals surface area contributed by atoms with E-state index in [9.17, 15) is 55.5 Å². The number of imidazole rings is 1. The van der Waals surface area contributed by atoms with Crippen molar-refractivity contribution in [3.63, 3.8) is 0 Å². The van der Waals surface area contributed by atoms with E-state index in [2.05, 4.69) is 42.1 Å². The molecule has 21 atom stereocenters. The number of carboxylic acid groups (broad SMARTS) is 1. The van der Waals surface area contributed by atoms with Gasteiger partial charge in [-0.1, -0.05) is 59.1 Å². The highest BCUT2D eigenvalue weighted by Crippen LogP contribution is 2.78. The van der Waals surface area contributed by atoms with E-state index >= 15 is 0 Å². The number of amides is 1. The van der Waals surface area contributed by atoms with E-state index in [0.29, 0.717) is 70.6 Å². The number of fused-ring (bicyclic) bond motifs is 7. The Morgan fingerprint density at radius 2 is 1.65 bits per heavy atom. The summed E-state index contributed by atoms with van der Waals surface area (Å²) in [6.07, 6.45) is 3.76. The first-order chi connectivity index (χ1) is 32.6. The Morgan fingerprint density at radius 3 is 2.28 bits per heavy atom. The van der Waals surface area contributed by atoms with Crippen LogP contribution in [0.15, 0.2) is 24.2 Å². The second-order valence-electron chi connectivity index (χ2n) is 24.8. The summed E-state index contributed by atoms with van der Waals surface area (Å²) in [4.78, 5) is 36.1. The lowest BCUT2D eigenvalue weighted by molar-refractivity contribution is -0.340. The molecule has 9 rings (SSSR count). The minimum atomic E-state index is -1.65. The van der Waals surface area contributed by atoms with Crippen molar-refractivity contribution in [2.75, 3.05) is 26.4 Å². The van der Waals surface area contributed by atoms with Gasteiger partial charge in [0.25, 0.3) is 0 Å². The highest BCUT2D eigenvalue weighted by atomic mass is 16.7. The zero-order chi connectivity index (χ0) is 49.9. The number of carboxylic acids is 1. The van der Waals surface area contributed by atoms with Crippen LogP contribution in [-0.4, -0.2) is 143 Å². The number of nitrogens with one attached hydrogen (secondary N) is 2. The Bertz CT molecular complexity index is 2090. The van der Waals surface area contributed by atoms with Crippen LogP contribution in [0.3, 0.4) is 0 Å². The number of aromatic amines is 1. The minimum absolute atomic E-state index is 0.0353. The minimum Gasteiger partial charge on any atom is -0.481 e. The molecule has 3 heterocycles. The molecule has 2 saturated heterocycles. The van der Waals surface area contributed by atoms with E-state index in [1.165, 1.54) is 0 Å². The second kappa shape index (κ2) is 18.1. The number of aromatic nitrogens is 2. The Hall–Kier alpha value is -2.55. The fourth-order valence-electron chi connectivity index (χ4n) is 18.0. The number of aliphatic hydroxyl groups excluding tert-OH is 8. The number of nitrogens with zero attached hydrogens (tertiary/aromatic N) is 1. The molecule has 13 N–H and O–H groups in total. The Kier molecular flexibility index (Phi) is 13.5. The SMILES string of the molecule is C[C@]1(CO)CC[C@]2(C(=O)O)[C@@H](CO)C[C@]3(C)C(=CC[C@@H]4[C@@]5(C)[C@H](C[C@H]6[C@H]([C@H](CC[C@@H](N)O)c7cnc[nH]7)NC(=O)C67CCCC7)[C@@H](O)[C@@H](O[C@@H]6OC[C@@H](O)[C@H](O)[C@H]6O)[C@@](C)(CO)[C@H]5CC[C@]43C)[C@@H]2C1. The van der Waals surface area contributed by atoms with Crippen molar-refractivity contribution >= 4 is 11.9 Å². The van der Waals surface area contributed by atoms with Crippen LogP contribution < -0.4 is 11.1 Å². The van der Waals surface area contributed by atoms with E-state index in [0.717, 1.165) is 24.1 Å². The summed E-state index contributed by atoms with van der Waals surface area (Å²) in [6, 6.07) is -0.444. The lowest BCUT2D eigenvalue weighted by Crippen LogP contribution is -2.73. The van der Waals surface area contributed by atoms with Crippen LogP contribution in [0.4, 0.5) is 0 Å². The highest BCUT2D eigenvalue weighted by molar-refractivity contribution is 5.86. The van der Waals surface area contributed by atoms with Gasteiger partial charge in [-0.3, -0.25) is 9.59 Å². The van der Waals surface area contributed by atoms with Gasteiger partial charge in [0.1, 0.15) is 24.5 Å². The van der Waals surface area contributed by atoms with Crippen LogP contribution >= 0.6 is 0 Å². The van der Waals surface area contributed by atoms with Crippen molar-refractivity contribution in [1.82, 2.24) is 15.3 Å². The molecule has 17 nitrogen and oxygen atoms in total. The second-order valence-corrected chi connectivity index (χ2v) is 24.8.